The smallest absolute Gasteiger partial charge is 0.0960 e. The molecular weight excluding hydrogens is 284 g/mol. The van der Waals surface area contributed by atoms with E-state index in [2.05, 4.69) is 32.7 Å². The summed E-state index contributed by atoms with van der Waals surface area (Å²) in [7, 11) is 0. The van der Waals surface area contributed by atoms with Crippen molar-refractivity contribution in [2.75, 3.05) is 0 Å². The van der Waals surface area contributed by atoms with Crippen LogP contribution in [-0.2, 0) is 0 Å². The zero-order valence-corrected chi connectivity index (χ0v) is 13.2. The van der Waals surface area contributed by atoms with Gasteiger partial charge in [-0.05, 0) is 48.2 Å². The van der Waals surface area contributed by atoms with E-state index in [9.17, 15) is 0 Å². The molecule has 1 aliphatic rings. The number of rotatable bonds is 3. The Morgan fingerprint density at radius 3 is 2.57 bits per heavy atom. The standard InChI is InChI=1S/C19H22N4/c20-19(14-8-10-21-11-9-14)15-6-7-18-17(12-15)22-13-23(18)16-4-2-1-3-5-16/h6-13,16,19H,1-5,20H2. The van der Waals surface area contributed by atoms with Crippen molar-refractivity contribution in [3.63, 3.8) is 0 Å². The molecule has 1 atom stereocenters. The van der Waals surface area contributed by atoms with Crippen LogP contribution in [0.3, 0.4) is 0 Å². The number of fused-ring (bicyclic) bond motifs is 1. The third-order valence-corrected chi connectivity index (χ3v) is 4.99. The minimum absolute atomic E-state index is 0.137. The molecular formula is C19H22N4. The zero-order valence-electron chi connectivity index (χ0n) is 13.2. The van der Waals surface area contributed by atoms with Gasteiger partial charge in [0.25, 0.3) is 0 Å². The molecule has 23 heavy (non-hydrogen) atoms. The van der Waals surface area contributed by atoms with Crippen molar-refractivity contribution >= 4 is 11.0 Å². The van der Waals surface area contributed by atoms with Crippen molar-refractivity contribution in [2.45, 2.75) is 44.2 Å². The minimum Gasteiger partial charge on any atom is -0.327 e. The molecule has 0 amide bonds. The minimum atomic E-state index is -0.137. The topological polar surface area (TPSA) is 56.7 Å². The number of hydrogen-bond donors (Lipinski definition) is 1. The van der Waals surface area contributed by atoms with Gasteiger partial charge >= 0.3 is 0 Å². The second kappa shape index (κ2) is 6.13. The molecule has 3 aromatic rings. The molecule has 4 heteroatoms. The maximum Gasteiger partial charge on any atom is 0.0960 e. The lowest BCUT2D eigenvalue weighted by molar-refractivity contribution is 0.359. The summed E-state index contributed by atoms with van der Waals surface area (Å²) >= 11 is 0. The van der Waals surface area contributed by atoms with Crippen LogP contribution in [0, 0.1) is 0 Å². The van der Waals surface area contributed by atoms with Crippen LogP contribution in [0.5, 0.6) is 0 Å². The Morgan fingerprint density at radius 1 is 1.00 bits per heavy atom. The van der Waals surface area contributed by atoms with Gasteiger partial charge in [-0.3, -0.25) is 4.98 Å². The predicted octanol–water partition coefficient (Wildman–Crippen LogP) is 3.98. The first-order valence-corrected chi connectivity index (χ1v) is 8.45. The van der Waals surface area contributed by atoms with E-state index in [-0.39, 0.29) is 6.04 Å². The number of hydrogen-bond acceptors (Lipinski definition) is 3. The first-order chi connectivity index (χ1) is 11.3. The van der Waals surface area contributed by atoms with Crippen molar-refractivity contribution in [2.24, 2.45) is 5.73 Å². The van der Waals surface area contributed by atoms with Crippen LogP contribution in [0.4, 0.5) is 0 Å². The molecule has 2 N–H and O–H groups in total. The number of nitrogens with two attached hydrogens (primary N) is 1. The largest absolute Gasteiger partial charge is 0.327 e. The molecule has 0 radical (unpaired) electrons. The van der Waals surface area contributed by atoms with Gasteiger partial charge in [-0.1, -0.05) is 25.3 Å². The Kier molecular flexibility index (Phi) is 3.83. The molecule has 1 aromatic carbocycles. The van der Waals surface area contributed by atoms with Crippen molar-refractivity contribution in [1.29, 1.82) is 0 Å². The van der Waals surface area contributed by atoms with Gasteiger partial charge in [-0.25, -0.2) is 4.98 Å². The average molecular weight is 306 g/mol. The first kappa shape index (κ1) is 14.4. The summed E-state index contributed by atoms with van der Waals surface area (Å²) in [6.45, 7) is 0. The van der Waals surface area contributed by atoms with E-state index < -0.39 is 0 Å². The fourth-order valence-electron chi connectivity index (χ4n) is 3.66. The first-order valence-electron chi connectivity index (χ1n) is 8.45. The van der Waals surface area contributed by atoms with E-state index in [1.807, 2.05) is 18.5 Å². The summed E-state index contributed by atoms with van der Waals surface area (Å²) in [6.07, 6.45) is 12.1. The van der Waals surface area contributed by atoms with Gasteiger partial charge in [-0.2, -0.15) is 0 Å². The zero-order chi connectivity index (χ0) is 15.6. The summed E-state index contributed by atoms with van der Waals surface area (Å²) in [5.74, 6) is 0. The van der Waals surface area contributed by atoms with E-state index in [1.165, 1.54) is 37.6 Å². The summed E-state index contributed by atoms with van der Waals surface area (Å²) in [6, 6.07) is 10.8. The molecule has 0 saturated heterocycles. The number of aromatic nitrogens is 3. The Bertz CT molecular complexity index is 787. The SMILES string of the molecule is NC(c1ccncc1)c1ccc2c(c1)ncn2C1CCCCC1. The number of imidazole rings is 1. The third kappa shape index (κ3) is 2.75. The highest BCUT2D eigenvalue weighted by Gasteiger charge is 2.18. The van der Waals surface area contributed by atoms with E-state index >= 15 is 0 Å². The van der Waals surface area contributed by atoms with Gasteiger partial charge in [0.1, 0.15) is 0 Å². The molecule has 118 valence electrons. The maximum atomic E-state index is 6.39. The molecule has 1 aliphatic carbocycles. The molecule has 0 spiro atoms. The van der Waals surface area contributed by atoms with Gasteiger partial charge in [0, 0.05) is 18.4 Å². The second-order valence-corrected chi connectivity index (χ2v) is 6.45. The number of pyridine rings is 1. The van der Waals surface area contributed by atoms with Gasteiger partial charge in [-0.15, -0.1) is 0 Å². The lowest BCUT2D eigenvalue weighted by atomic mass is 9.95. The molecule has 4 rings (SSSR count). The van der Waals surface area contributed by atoms with Gasteiger partial charge < -0.3 is 10.3 Å². The van der Waals surface area contributed by atoms with Crippen LogP contribution in [0.15, 0.2) is 49.1 Å². The van der Waals surface area contributed by atoms with Crippen molar-refractivity contribution < 1.29 is 0 Å². The van der Waals surface area contributed by atoms with E-state index in [0.717, 1.165) is 16.6 Å². The molecule has 2 heterocycles. The summed E-state index contributed by atoms with van der Waals surface area (Å²) in [5.41, 5.74) is 10.8. The van der Waals surface area contributed by atoms with Crippen LogP contribution in [0.25, 0.3) is 11.0 Å². The quantitative estimate of drug-likeness (QED) is 0.796. The van der Waals surface area contributed by atoms with Gasteiger partial charge in [0.05, 0.1) is 23.4 Å². The summed E-state index contributed by atoms with van der Waals surface area (Å²) < 4.78 is 2.36. The number of benzene rings is 1. The Hall–Kier alpha value is -2.20. The monoisotopic (exact) mass is 306 g/mol. The lowest BCUT2D eigenvalue weighted by Crippen LogP contribution is -2.13. The van der Waals surface area contributed by atoms with Crippen molar-refractivity contribution in [3.05, 3.63) is 60.2 Å². The molecule has 1 fully saturated rings. The van der Waals surface area contributed by atoms with Crippen molar-refractivity contribution in [1.82, 2.24) is 14.5 Å². The average Bonchev–Trinajstić information content (AvgIpc) is 3.06. The van der Waals surface area contributed by atoms with Crippen LogP contribution in [0.2, 0.25) is 0 Å². The normalized spacial score (nSPS) is 17.4. The molecule has 0 bridgehead atoms. The highest BCUT2D eigenvalue weighted by molar-refractivity contribution is 5.76. The predicted molar refractivity (Wildman–Crippen MR) is 92.1 cm³/mol. The van der Waals surface area contributed by atoms with Crippen LogP contribution < -0.4 is 5.73 Å². The third-order valence-electron chi connectivity index (χ3n) is 4.99. The van der Waals surface area contributed by atoms with E-state index in [4.69, 9.17) is 5.73 Å². The second-order valence-electron chi connectivity index (χ2n) is 6.45. The summed E-state index contributed by atoms with van der Waals surface area (Å²) in [4.78, 5) is 8.68. The number of nitrogens with zero attached hydrogens (tertiary/aromatic N) is 3. The molecule has 0 aliphatic heterocycles. The Morgan fingerprint density at radius 2 is 1.78 bits per heavy atom. The van der Waals surface area contributed by atoms with Crippen LogP contribution in [-0.4, -0.2) is 14.5 Å². The van der Waals surface area contributed by atoms with E-state index in [1.54, 1.807) is 12.4 Å². The van der Waals surface area contributed by atoms with Crippen molar-refractivity contribution in [3.8, 4) is 0 Å². The van der Waals surface area contributed by atoms with E-state index in [0.29, 0.717) is 6.04 Å². The summed E-state index contributed by atoms with van der Waals surface area (Å²) in [5, 5.41) is 0. The molecule has 1 saturated carbocycles. The maximum absolute atomic E-state index is 6.39. The fraction of sp³-hybridized carbons (Fsp3) is 0.368. The molecule has 2 aromatic heterocycles. The Labute approximate surface area is 136 Å². The van der Waals surface area contributed by atoms with Gasteiger partial charge in [0.2, 0.25) is 0 Å². The molecule has 4 nitrogen and oxygen atoms in total. The fourth-order valence-corrected chi connectivity index (χ4v) is 3.66. The molecule has 1 unspecified atom stereocenters. The van der Waals surface area contributed by atoms with Crippen LogP contribution in [0.1, 0.15) is 55.3 Å². The highest BCUT2D eigenvalue weighted by atomic mass is 15.1. The lowest BCUT2D eigenvalue weighted by Gasteiger charge is -2.23. The van der Waals surface area contributed by atoms with Gasteiger partial charge in [0.15, 0.2) is 0 Å². The van der Waals surface area contributed by atoms with Crippen LogP contribution >= 0.6 is 0 Å². The Balaban J connectivity index is 1.67. The highest BCUT2D eigenvalue weighted by Crippen LogP contribution is 2.31.